The van der Waals surface area contributed by atoms with Crippen molar-refractivity contribution in [2.75, 3.05) is 0 Å². The van der Waals surface area contributed by atoms with Crippen molar-refractivity contribution in [3.8, 4) is 16.9 Å². The second-order valence-electron chi connectivity index (χ2n) is 3.55. The lowest BCUT2D eigenvalue weighted by Crippen LogP contribution is -1.97. The Morgan fingerprint density at radius 2 is 1.76 bits per heavy atom. The summed E-state index contributed by atoms with van der Waals surface area (Å²) in [4.78, 5) is 10.9. The summed E-state index contributed by atoms with van der Waals surface area (Å²) in [5, 5.41) is 18.4. The van der Waals surface area contributed by atoms with Crippen molar-refractivity contribution in [3.63, 3.8) is 0 Å². The van der Waals surface area contributed by atoms with Crippen LogP contribution in [0.15, 0.2) is 42.5 Å². The fourth-order valence-electron chi connectivity index (χ4n) is 1.55. The van der Waals surface area contributed by atoms with E-state index in [9.17, 15) is 9.90 Å². The summed E-state index contributed by atoms with van der Waals surface area (Å²) in [6.45, 7) is 0. The van der Waals surface area contributed by atoms with Crippen LogP contribution in [0.25, 0.3) is 11.1 Å². The van der Waals surface area contributed by atoms with Crippen LogP contribution in [-0.2, 0) is 0 Å². The summed E-state index contributed by atoms with van der Waals surface area (Å²) in [6.07, 6.45) is 0. The molecule has 0 fully saturated rings. The second kappa shape index (κ2) is 4.75. The number of aromatic carboxylic acids is 1. The van der Waals surface area contributed by atoms with E-state index in [1.807, 2.05) is 24.3 Å². The summed E-state index contributed by atoms with van der Waals surface area (Å²) >= 11 is 2.20. The van der Waals surface area contributed by atoms with Crippen LogP contribution >= 0.6 is 22.6 Å². The zero-order valence-corrected chi connectivity index (χ0v) is 10.9. The molecule has 0 aromatic heterocycles. The molecule has 2 rings (SSSR count). The predicted molar refractivity (Wildman–Crippen MR) is 73.2 cm³/mol. The van der Waals surface area contributed by atoms with Crippen LogP contribution in [0.2, 0.25) is 0 Å². The molecule has 0 heterocycles. The number of rotatable bonds is 2. The van der Waals surface area contributed by atoms with E-state index in [1.54, 1.807) is 6.07 Å². The molecule has 0 saturated heterocycles. The third-order valence-electron chi connectivity index (χ3n) is 2.38. The molecule has 2 aromatic carbocycles. The van der Waals surface area contributed by atoms with Gasteiger partial charge in [0.1, 0.15) is 11.3 Å². The number of halogens is 1. The lowest BCUT2D eigenvalue weighted by atomic mass is 10.0. The molecule has 0 saturated carbocycles. The van der Waals surface area contributed by atoms with E-state index in [1.165, 1.54) is 12.1 Å². The molecule has 86 valence electrons. The Bertz CT molecular complexity index is 579. The minimum atomic E-state index is -1.13. The minimum absolute atomic E-state index is 0.0821. The van der Waals surface area contributed by atoms with Gasteiger partial charge >= 0.3 is 5.97 Å². The summed E-state index contributed by atoms with van der Waals surface area (Å²) in [5.74, 6) is -1.35. The molecule has 0 radical (unpaired) electrons. The van der Waals surface area contributed by atoms with Crippen LogP contribution in [0.4, 0.5) is 0 Å². The maximum Gasteiger partial charge on any atom is 0.339 e. The molecule has 17 heavy (non-hydrogen) atoms. The van der Waals surface area contributed by atoms with Crippen molar-refractivity contribution in [2.45, 2.75) is 0 Å². The highest BCUT2D eigenvalue weighted by molar-refractivity contribution is 14.1. The molecule has 0 aliphatic rings. The first-order chi connectivity index (χ1) is 8.08. The molecule has 0 bridgehead atoms. The molecule has 4 heteroatoms. The summed E-state index contributed by atoms with van der Waals surface area (Å²) in [5.41, 5.74) is 1.62. The maximum atomic E-state index is 10.9. The van der Waals surface area contributed by atoms with Crippen molar-refractivity contribution < 1.29 is 15.0 Å². The molecule has 0 unspecified atom stereocenters. The monoisotopic (exact) mass is 340 g/mol. The van der Waals surface area contributed by atoms with E-state index in [0.29, 0.717) is 0 Å². The SMILES string of the molecule is O=C(O)c1cc(-c2cccc(I)c2)ccc1O. The number of hydrogen-bond donors (Lipinski definition) is 2. The quantitative estimate of drug-likeness (QED) is 0.825. The Balaban J connectivity index is 2.54. The lowest BCUT2D eigenvalue weighted by molar-refractivity contribution is 0.0694. The van der Waals surface area contributed by atoms with E-state index in [0.717, 1.165) is 14.7 Å². The van der Waals surface area contributed by atoms with Gasteiger partial charge in [0.05, 0.1) is 0 Å². The van der Waals surface area contributed by atoms with Crippen molar-refractivity contribution in [1.29, 1.82) is 0 Å². The smallest absolute Gasteiger partial charge is 0.339 e. The molecule has 0 atom stereocenters. The molecule has 0 aliphatic carbocycles. The van der Waals surface area contributed by atoms with Gasteiger partial charge in [0.15, 0.2) is 0 Å². The van der Waals surface area contributed by atoms with E-state index < -0.39 is 5.97 Å². The number of phenols is 1. The summed E-state index contributed by atoms with van der Waals surface area (Å²) in [6, 6.07) is 12.3. The van der Waals surface area contributed by atoms with Crippen molar-refractivity contribution in [3.05, 3.63) is 51.6 Å². The number of benzene rings is 2. The average Bonchev–Trinajstić information content (AvgIpc) is 2.29. The molecular formula is C13H9IO3. The van der Waals surface area contributed by atoms with Gasteiger partial charge in [0.25, 0.3) is 0 Å². The second-order valence-corrected chi connectivity index (χ2v) is 4.79. The number of carboxylic acids is 1. The highest BCUT2D eigenvalue weighted by Gasteiger charge is 2.10. The first-order valence-corrected chi connectivity index (χ1v) is 5.98. The van der Waals surface area contributed by atoms with E-state index >= 15 is 0 Å². The van der Waals surface area contributed by atoms with Gasteiger partial charge in [-0.2, -0.15) is 0 Å². The molecule has 2 N–H and O–H groups in total. The van der Waals surface area contributed by atoms with Gasteiger partial charge in [-0.15, -0.1) is 0 Å². The molecular weight excluding hydrogens is 331 g/mol. The Morgan fingerprint density at radius 3 is 2.41 bits per heavy atom. The Labute approximate surface area is 112 Å². The van der Waals surface area contributed by atoms with Crippen LogP contribution in [0.3, 0.4) is 0 Å². The lowest BCUT2D eigenvalue weighted by Gasteiger charge is -2.05. The van der Waals surface area contributed by atoms with Gasteiger partial charge in [-0.25, -0.2) is 4.79 Å². The highest BCUT2D eigenvalue weighted by atomic mass is 127. The summed E-state index contributed by atoms with van der Waals surface area (Å²) in [7, 11) is 0. The Hall–Kier alpha value is -1.56. The topological polar surface area (TPSA) is 57.5 Å². The largest absolute Gasteiger partial charge is 0.507 e. The molecule has 0 aliphatic heterocycles. The minimum Gasteiger partial charge on any atom is -0.507 e. The van der Waals surface area contributed by atoms with Crippen molar-refractivity contribution in [1.82, 2.24) is 0 Å². The third-order valence-corrected chi connectivity index (χ3v) is 3.06. The Morgan fingerprint density at radius 1 is 1.06 bits per heavy atom. The van der Waals surface area contributed by atoms with Gasteiger partial charge in [-0.05, 0) is 58.0 Å². The van der Waals surface area contributed by atoms with Crippen molar-refractivity contribution in [2.24, 2.45) is 0 Å². The van der Waals surface area contributed by atoms with Gasteiger partial charge < -0.3 is 10.2 Å². The fraction of sp³-hybridized carbons (Fsp3) is 0. The predicted octanol–water partition coefficient (Wildman–Crippen LogP) is 3.36. The van der Waals surface area contributed by atoms with Crippen LogP contribution < -0.4 is 0 Å². The van der Waals surface area contributed by atoms with Crippen LogP contribution in [0, 0.1) is 3.57 Å². The van der Waals surface area contributed by atoms with Gasteiger partial charge in [-0.3, -0.25) is 0 Å². The summed E-state index contributed by atoms with van der Waals surface area (Å²) < 4.78 is 1.07. The number of carboxylic acid groups (broad SMARTS) is 1. The number of hydrogen-bond acceptors (Lipinski definition) is 2. The fourth-order valence-corrected chi connectivity index (χ4v) is 2.10. The average molecular weight is 340 g/mol. The van der Waals surface area contributed by atoms with Gasteiger partial charge in [0, 0.05) is 3.57 Å². The zero-order chi connectivity index (χ0) is 12.4. The normalized spacial score (nSPS) is 10.2. The molecule has 2 aromatic rings. The highest BCUT2D eigenvalue weighted by Crippen LogP contribution is 2.26. The van der Waals surface area contributed by atoms with Gasteiger partial charge in [-0.1, -0.05) is 18.2 Å². The van der Waals surface area contributed by atoms with Gasteiger partial charge in [0.2, 0.25) is 0 Å². The number of carbonyl (C=O) groups is 1. The van der Waals surface area contributed by atoms with Crippen LogP contribution in [0.5, 0.6) is 5.75 Å². The molecule has 0 amide bonds. The van der Waals surface area contributed by atoms with Crippen LogP contribution in [0.1, 0.15) is 10.4 Å². The zero-order valence-electron chi connectivity index (χ0n) is 8.72. The van der Waals surface area contributed by atoms with Crippen LogP contribution in [-0.4, -0.2) is 16.2 Å². The van der Waals surface area contributed by atoms with Crippen molar-refractivity contribution >= 4 is 28.6 Å². The van der Waals surface area contributed by atoms with E-state index in [2.05, 4.69) is 22.6 Å². The van der Waals surface area contributed by atoms with E-state index in [-0.39, 0.29) is 11.3 Å². The Kier molecular flexibility index (Phi) is 3.33. The standard InChI is InChI=1S/C13H9IO3/c14-10-3-1-2-8(6-10)9-4-5-12(15)11(7-9)13(16)17/h1-7,15H,(H,16,17). The molecule has 0 spiro atoms. The van der Waals surface area contributed by atoms with E-state index in [4.69, 9.17) is 5.11 Å². The first kappa shape index (κ1) is 11.9. The maximum absolute atomic E-state index is 10.9. The first-order valence-electron chi connectivity index (χ1n) is 4.90. The number of aromatic hydroxyl groups is 1. The molecule has 3 nitrogen and oxygen atoms in total. The third kappa shape index (κ3) is 2.58.